The van der Waals surface area contributed by atoms with E-state index in [9.17, 15) is 9.59 Å². The van der Waals surface area contributed by atoms with Gasteiger partial charge < -0.3 is 15.5 Å². The Kier molecular flexibility index (Phi) is 6.49. The van der Waals surface area contributed by atoms with Crippen LogP contribution in [0, 0.1) is 0 Å². The molecule has 1 aliphatic heterocycles. The summed E-state index contributed by atoms with van der Waals surface area (Å²) in [4.78, 5) is 33.2. The van der Waals surface area contributed by atoms with Crippen molar-refractivity contribution in [1.82, 2.24) is 20.1 Å². The average Bonchev–Trinajstić information content (AvgIpc) is 2.68. The number of hydrogen-bond acceptors (Lipinski definition) is 4. The molecule has 1 fully saturated rings. The first-order valence-corrected chi connectivity index (χ1v) is 9.90. The molecule has 154 valence electrons. The van der Waals surface area contributed by atoms with Crippen LogP contribution in [0.1, 0.15) is 36.7 Å². The highest BCUT2D eigenvalue weighted by Gasteiger charge is 2.22. The van der Waals surface area contributed by atoms with Crippen LogP contribution in [0.25, 0.3) is 0 Å². The van der Waals surface area contributed by atoms with Crippen LogP contribution in [-0.2, 0) is 6.54 Å². The average molecular weight is 396 g/mol. The van der Waals surface area contributed by atoms with Crippen molar-refractivity contribution in [3.63, 3.8) is 0 Å². The number of urea groups is 1. The predicted octanol–water partition coefficient (Wildman–Crippen LogP) is 2.96. The third-order valence-electron chi connectivity index (χ3n) is 4.65. The van der Waals surface area contributed by atoms with Crippen molar-refractivity contribution in [2.24, 2.45) is 0 Å². The summed E-state index contributed by atoms with van der Waals surface area (Å²) in [6.45, 7) is 9.60. The van der Waals surface area contributed by atoms with Crippen LogP contribution in [0.2, 0.25) is 0 Å². The van der Waals surface area contributed by atoms with Gasteiger partial charge in [-0.3, -0.25) is 14.7 Å². The van der Waals surface area contributed by atoms with Crippen LogP contribution < -0.4 is 10.6 Å². The van der Waals surface area contributed by atoms with E-state index in [0.717, 1.165) is 19.6 Å². The van der Waals surface area contributed by atoms with Crippen molar-refractivity contribution < 1.29 is 9.59 Å². The fraction of sp³-hybridized carbons (Fsp3) is 0.409. The lowest BCUT2D eigenvalue weighted by Gasteiger charge is -2.34. The Hall–Kier alpha value is -2.93. The third kappa shape index (κ3) is 6.29. The van der Waals surface area contributed by atoms with Crippen LogP contribution in [0.15, 0.2) is 48.8 Å². The lowest BCUT2D eigenvalue weighted by atomic mass is 10.1. The van der Waals surface area contributed by atoms with E-state index in [1.807, 2.05) is 37.9 Å². The van der Waals surface area contributed by atoms with Crippen molar-refractivity contribution >= 4 is 17.6 Å². The Morgan fingerprint density at radius 2 is 1.83 bits per heavy atom. The lowest BCUT2D eigenvalue weighted by molar-refractivity contribution is 0.0919. The van der Waals surface area contributed by atoms with Crippen LogP contribution >= 0.6 is 0 Å². The van der Waals surface area contributed by atoms with Gasteiger partial charge in [-0.1, -0.05) is 12.1 Å². The molecule has 1 aliphatic rings. The monoisotopic (exact) mass is 395 g/mol. The molecule has 1 saturated heterocycles. The molecule has 0 unspecified atom stereocenters. The normalized spacial score (nSPS) is 15.1. The summed E-state index contributed by atoms with van der Waals surface area (Å²) in [5, 5.41) is 5.84. The minimum atomic E-state index is -0.314. The van der Waals surface area contributed by atoms with Crippen molar-refractivity contribution in [3.05, 3.63) is 59.9 Å². The first-order chi connectivity index (χ1) is 13.8. The Balaban J connectivity index is 1.52. The zero-order valence-corrected chi connectivity index (χ0v) is 17.3. The van der Waals surface area contributed by atoms with Gasteiger partial charge >= 0.3 is 6.03 Å². The van der Waals surface area contributed by atoms with Crippen LogP contribution in [0.3, 0.4) is 0 Å². The van der Waals surface area contributed by atoms with Gasteiger partial charge in [0.15, 0.2) is 0 Å². The number of rotatable bonds is 4. The number of amides is 3. The maximum Gasteiger partial charge on any atom is 0.321 e. The van der Waals surface area contributed by atoms with E-state index in [1.165, 1.54) is 5.56 Å². The lowest BCUT2D eigenvalue weighted by Crippen LogP contribution is -2.49. The van der Waals surface area contributed by atoms with E-state index in [1.54, 1.807) is 30.5 Å². The number of carbonyl (C=O) groups is 2. The van der Waals surface area contributed by atoms with Gasteiger partial charge in [0.05, 0.1) is 0 Å². The van der Waals surface area contributed by atoms with Gasteiger partial charge in [0, 0.05) is 61.9 Å². The number of carbonyl (C=O) groups excluding carboxylic acids is 2. The molecule has 1 aromatic heterocycles. The Labute approximate surface area is 172 Å². The zero-order chi connectivity index (χ0) is 20.9. The summed E-state index contributed by atoms with van der Waals surface area (Å²) >= 11 is 0. The summed E-state index contributed by atoms with van der Waals surface area (Å²) in [7, 11) is 0. The first-order valence-electron chi connectivity index (χ1n) is 9.90. The van der Waals surface area contributed by atoms with E-state index in [0.29, 0.717) is 24.3 Å². The van der Waals surface area contributed by atoms with E-state index < -0.39 is 0 Å². The second-order valence-corrected chi connectivity index (χ2v) is 8.34. The van der Waals surface area contributed by atoms with Gasteiger partial charge in [0.1, 0.15) is 0 Å². The van der Waals surface area contributed by atoms with Crippen molar-refractivity contribution in [1.29, 1.82) is 0 Å². The summed E-state index contributed by atoms with van der Waals surface area (Å²) in [6.07, 6.45) is 3.65. The number of benzene rings is 1. The number of nitrogens with one attached hydrogen (secondary N) is 2. The molecule has 3 amide bonds. The summed E-state index contributed by atoms with van der Waals surface area (Å²) < 4.78 is 0. The smallest absolute Gasteiger partial charge is 0.321 e. The van der Waals surface area contributed by atoms with E-state index in [-0.39, 0.29) is 17.5 Å². The number of nitrogens with zero attached hydrogens (tertiary/aromatic N) is 3. The Morgan fingerprint density at radius 3 is 2.48 bits per heavy atom. The molecule has 7 nitrogen and oxygen atoms in total. The van der Waals surface area contributed by atoms with Gasteiger partial charge in [-0.15, -0.1) is 0 Å². The Bertz CT molecular complexity index is 840. The maximum atomic E-state index is 12.6. The molecule has 29 heavy (non-hydrogen) atoms. The number of aromatic nitrogens is 1. The topological polar surface area (TPSA) is 77.6 Å². The van der Waals surface area contributed by atoms with Crippen LogP contribution in [-0.4, -0.2) is 58.4 Å². The highest BCUT2D eigenvalue weighted by Crippen LogP contribution is 2.14. The third-order valence-corrected chi connectivity index (χ3v) is 4.65. The second kappa shape index (κ2) is 9.05. The first kappa shape index (κ1) is 20.8. The van der Waals surface area contributed by atoms with Crippen molar-refractivity contribution in [3.8, 4) is 0 Å². The molecule has 2 heterocycles. The number of pyridine rings is 1. The molecule has 0 saturated carbocycles. The minimum Gasteiger partial charge on any atom is -0.347 e. The molecule has 0 radical (unpaired) electrons. The van der Waals surface area contributed by atoms with Gasteiger partial charge in [0.2, 0.25) is 0 Å². The van der Waals surface area contributed by atoms with Crippen LogP contribution in [0.5, 0.6) is 0 Å². The molecule has 7 heteroatoms. The molecule has 2 aromatic rings. The molecule has 2 N–H and O–H groups in total. The number of piperazine rings is 1. The second-order valence-electron chi connectivity index (χ2n) is 8.34. The maximum absolute atomic E-state index is 12.6. The summed E-state index contributed by atoms with van der Waals surface area (Å²) in [5.74, 6) is -0.155. The van der Waals surface area contributed by atoms with E-state index >= 15 is 0 Å². The number of anilines is 1. The van der Waals surface area contributed by atoms with Gasteiger partial charge in [-0.2, -0.15) is 0 Å². The molecule has 0 aliphatic carbocycles. The fourth-order valence-corrected chi connectivity index (χ4v) is 3.21. The van der Waals surface area contributed by atoms with Gasteiger partial charge in [0.25, 0.3) is 5.91 Å². The van der Waals surface area contributed by atoms with E-state index in [4.69, 9.17) is 0 Å². The minimum absolute atomic E-state index is 0.139. The van der Waals surface area contributed by atoms with Gasteiger partial charge in [-0.25, -0.2) is 4.79 Å². The SMILES string of the molecule is CC(C)(C)NC(=O)c1cccc(NC(=O)N2CCN(Cc3cccnc3)CC2)c1. The molecule has 0 bridgehead atoms. The molecule has 0 atom stereocenters. The largest absolute Gasteiger partial charge is 0.347 e. The van der Waals surface area contributed by atoms with E-state index in [2.05, 4.69) is 26.6 Å². The molecule has 0 spiro atoms. The highest BCUT2D eigenvalue weighted by atomic mass is 16.2. The summed E-state index contributed by atoms with van der Waals surface area (Å²) in [6, 6.07) is 10.9. The van der Waals surface area contributed by atoms with Crippen molar-refractivity contribution in [2.75, 3.05) is 31.5 Å². The molecule has 1 aromatic carbocycles. The van der Waals surface area contributed by atoms with Crippen LogP contribution in [0.4, 0.5) is 10.5 Å². The standard InChI is InChI=1S/C22H29N5O2/c1-22(2,3)25-20(28)18-7-4-8-19(14-18)24-21(29)27-12-10-26(11-13-27)16-17-6-5-9-23-15-17/h4-9,14-15H,10-13,16H2,1-3H3,(H,24,29)(H,25,28). The fourth-order valence-electron chi connectivity index (χ4n) is 3.21. The van der Waals surface area contributed by atoms with Crippen molar-refractivity contribution in [2.45, 2.75) is 32.9 Å². The predicted molar refractivity (Wildman–Crippen MR) is 114 cm³/mol. The quantitative estimate of drug-likeness (QED) is 0.834. The molecular weight excluding hydrogens is 366 g/mol. The Morgan fingerprint density at radius 1 is 1.07 bits per heavy atom. The number of hydrogen-bond donors (Lipinski definition) is 2. The highest BCUT2D eigenvalue weighted by molar-refractivity contribution is 5.97. The molecular formula is C22H29N5O2. The zero-order valence-electron chi connectivity index (χ0n) is 17.3. The van der Waals surface area contributed by atoms with Gasteiger partial charge in [-0.05, 0) is 50.6 Å². The molecule has 3 rings (SSSR count). The summed E-state index contributed by atoms with van der Waals surface area (Å²) in [5.41, 5.74) is 2.01.